The van der Waals surface area contributed by atoms with Crippen molar-refractivity contribution in [2.24, 2.45) is 0 Å². The third-order valence-electron chi connectivity index (χ3n) is 2.42. The van der Waals surface area contributed by atoms with Crippen LogP contribution in [0, 0.1) is 0 Å². The maximum atomic E-state index is 11.4. The number of hydrogen-bond acceptors (Lipinski definition) is 3. The molecule has 0 saturated carbocycles. The first kappa shape index (κ1) is 13.5. The van der Waals surface area contributed by atoms with Gasteiger partial charge in [-0.2, -0.15) is 0 Å². The second-order valence-corrected chi connectivity index (χ2v) is 4.38. The molecular weight excluding hydrogens is 216 g/mol. The SMILES string of the molecule is CC(C)NC(=O)CNC(C)c1ccccc1O. The van der Waals surface area contributed by atoms with E-state index in [9.17, 15) is 9.90 Å². The summed E-state index contributed by atoms with van der Waals surface area (Å²) in [4.78, 5) is 11.4. The Morgan fingerprint density at radius 1 is 1.29 bits per heavy atom. The maximum Gasteiger partial charge on any atom is 0.234 e. The van der Waals surface area contributed by atoms with Crippen molar-refractivity contribution in [1.29, 1.82) is 0 Å². The van der Waals surface area contributed by atoms with Crippen LogP contribution in [-0.4, -0.2) is 23.6 Å². The number of nitrogens with one attached hydrogen (secondary N) is 2. The summed E-state index contributed by atoms with van der Waals surface area (Å²) < 4.78 is 0. The van der Waals surface area contributed by atoms with E-state index in [1.165, 1.54) is 0 Å². The van der Waals surface area contributed by atoms with Gasteiger partial charge in [-0.15, -0.1) is 0 Å². The monoisotopic (exact) mass is 236 g/mol. The molecule has 1 amide bonds. The van der Waals surface area contributed by atoms with Crippen LogP contribution in [0.5, 0.6) is 5.75 Å². The Balaban J connectivity index is 2.48. The van der Waals surface area contributed by atoms with Crippen molar-refractivity contribution in [3.05, 3.63) is 29.8 Å². The average Bonchev–Trinajstić information content (AvgIpc) is 2.25. The summed E-state index contributed by atoms with van der Waals surface area (Å²) >= 11 is 0. The molecule has 0 saturated heterocycles. The number of carbonyl (C=O) groups is 1. The number of phenols is 1. The molecular formula is C13H20N2O2. The Morgan fingerprint density at radius 2 is 1.94 bits per heavy atom. The van der Waals surface area contributed by atoms with E-state index in [2.05, 4.69) is 10.6 Å². The molecule has 0 radical (unpaired) electrons. The van der Waals surface area contributed by atoms with Crippen molar-refractivity contribution in [2.75, 3.05) is 6.54 Å². The van der Waals surface area contributed by atoms with Crippen LogP contribution in [0.4, 0.5) is 0 Å². The summed E-state index contributed by atoms with van der Waals surface area (Å²) in [6.45, 7) is 6.00. The van der Waals surface area contributed by atoms with E-state index in [0.717, 1.165) is 5.56 Å². The predicted molar refractivity (Wildman–Crippen MR) is 67.8 cm³/mol. The van der Waals surface area contributed by atoms with E-state index >= 15 is 0 Å². The van der Waals surface area contributed by atoms with Crippen LogP contribution in [0.3, 0.4) is 0 Å². The van der Waals surface area contributed by atoms with Crippen molar-refractivity contribution in [1.82, 2.24) is 10.6 Å². The molecule has 0 spiro atoms. The minimum atomic E-state index is -0.0610. The lowest BCUT2D eigenvalue weighted by Crippen LogP contribution is -2.38. The molecule has 1 unspecified atom stereocenters. The molecule has 0 heterocycles. The summed E-state index contributed by atoms with van der Waals surface area (Å²) in [6, 6.07) is 7.20. The van der Waals surface area contributed by atoms with E-state index in [4.69, 9.17) is 0 Å². The van der Waals surface area contributed by atoms with Crippen LogP contribution < -0.4 is 10.6 Å². The van der Waals surface area contributed by atoms with E-state index in [1.54, 1.807) is 12.1 Å². The lowest BCUT2D eigenvalue weighted by Gasteiger charge is -2.16. The van der Waals surface area contributed by atoms with Gasteiger partial charge in [0.05, 0.1) is 6.54 Å². The molecule has 0 aromatic heterocycles. The summed E-state index contributed by atoms with van der Waals surface area (Å²) in [6.07, 6.45) is 0. The Bertz CT molecular complexity index is 377. The Kier molecular flexibility index (Phi) is 4.97. The van der Waals surface area contributed by atoms with Gasteiger partial charge in [-0.25, -0.2) is 0 Å². The Morgan fingerprint density at radius 3 is 2.53 bits per heavy atom. The van der Waals surface area contributed by atoms with Gasteiger partial charge >= 0.3 is 0 Å². The Labute approximate surface area is 102 Å². The fraction of sp³-hybridized carbons (Fsp3) is 0.462. The number of rotatable bonds is 5. The molecule has 17 heavy (non-hydrogen) atoms. The number of amides is 1. The van der Waals surface area contributed by atoms with Gasteiger partial charge in [-0.1, -0.05) is 18.2 Å². The van der Waals surface area contributed by atoms with Gasteiger partial charge < -0.3 is 15.7 Å². The second-order valence-electron chi connectivity index (χ2n) is 4.38. The van der Waals surface area contributed by atoms with Crippen LogP contribution in [0.1, 0.15) is 32.4 Å². The van der Waals surface area contributed by atoms with Crippen molar-refractivity contribution in [3.63, 3.8) is 0 Å². The lowest BCUT2D eigenvalue weighted by molar-refractivity contribution is -0.120. The van der Waals surface area contributed by atoms with Gasteiger partial charge in [-0.05, 0) is 26.8 Å². The molecule has 3 N–H and O–H groups in total. The van der Waals surface area contributed by atoms with E-state index in [-0.39, 0.29) is 30.3 Å². The number of aromatic hydroxyl groups is 1. The molecule has 1 atom stereocenters. The predicted octanol–water partition coefficient (Wildman–Crippen LogP) is 1.57. The van der Waals surface area contributed by atoms with E-state index in [0.29, 0.717) is 0 Å². The molecule has 1 aromatic rings. The molecule has 0 aliphatic heterocycles. The second kappa shape index (κ2) is 6.25. The van der Waals surface area contributed by atoms with Crippen molar-refractivity contribution >= 4 is 5.91 Å². The largest absolute Gasteiger partial charge is 0.508 e. The van der Waals surface area contributed by atoms with Crippen molar-refractivity contribution in [3.8, 4) is 5.75 Å². The van der Waals surface area contributed by atoms with E-state index in [1.807, 2.05) is 32.9 Å². The first-order valence-electron chi connectivity index (χ1n) is 5.81. The van der Waals surface area contributed by atoms with Gasteiger partial charge in [0.15, 0.2) is 0 Å². The van der Waals surface area contributed by atoms with Crippen LogP contribution in [-0.2, 0) is 4.79 Å². The van der Waals surface area contributed by atoms with Gasteiger partial charge in [0.1, 0.15) is 5.75 Å². The van der Waals surface area contributed by atoms with Crippen LogP contribution in [0.15, 0.2) is 24.3 Å². The van der Waals surface area contributed by atoms with Crippen molar-refractivity contribution in [2.45, 2.75) is 32.9 Å². The number of benzene rings is 1. The highest BCUT2D eigenvalue weighted by Gasteiger charge is 2.11. The average molecular weight is 236 g/mol. The number of hydrogen-bond donors (Lipinski definition) is 3. The normalized spacial score (nSPS) is 12.5. The fourth-order valence-electron chi connectivity index (χ4n) is 1.58. The topological polar surface area (TPSA) is 61.4 Å². The van der Waals surface area contributed by atoms with Gasteiger partial charge in [0.25, 0.3) is 0 Å². The van der Waals surface area contributed by atoms with E-state index < -0.39 is 0 Å². The molecule has 1 rings (SSSR count). The summed E-state index contributed by atoms with van der Waals surface area (Å²) in [5.41, 5.74) is 0.796. The zero-order valence-electron chi connectivity index (χ0n) is 10.5. The van der Waals surface area contributed by atoms with Crippen LogP contribution in [0.25, 0.3) is 0 Å². The fourth-order valence-corrected chi connectivity index (χ4v) is 1.58. The molecule has 0 bridgehead atoms. The molecule has 0 aliphatic rings. The third kappa shape index (κ3) is 4.44. The van der Waals surface area contributed by atoms with Gasteiger partial charge in [0, 0.05) is 17.6 Å². The smallest absolute Gasteiger partial charge is 0.234 e. The summed E-state index contributed by atoms with van der Waals surface area (Å²) in [7, 11) is 0. The lowest BCUT2D eigenvalue weighted by atomic mass is 10.1. The highest BCUT2D eigenvalue weighted by atomic mass is 16.3. The number of para-hydroxylation sites is 1. The van der Waals surface area contributed by atoms with Crippen molar-refractivity contribution < 1.29 is 9.90 Å². The van der Waals surface area contributed by atoms with Crippen LogP contribution in [0.2, 0.25) is 0 Å². The highest BCUT2D eigenvalue weighted by Crippen LogP contribution is 2.22. The quantitative estimate of drug-likeness (QED) is 0.727. The third-order valence-corrected chi connectivity index (χ3v) is 2.42. The Hall–Kier alpha value is -1.55. The van der Waals surface area contributed by atoms with Crippen LogP contribution >= 0.6 is 0 Å². The molecule has 1 aromatic carbocycles. The minimum absolute atomic E-state index is 0.0396. The molecule has 4 heteroatoms. The zero-order chi connectivity index (χ0) is 12.8. The standard InChI is InChI=1S/C13H20N2O2/c1-9(2)15-13(17)8-14-10(3)11-6-4-5-7-12(11)16/h4-7,9-10,14,16H,8H2,1-3H3,(H,15,17). The number of phenolic OH excluding ortho intramolecular Hbond substituents is 1. The molecule has 94 valence electrons. The molecule has 0 fully saturated rings. The summed E-state index contributed by atoms with van der Waals surface area (Å²) in [5.74, 6) is 0.207. The first-order chi connectivity index (χ1) is 8.00. The minimum Gasteiger partial charge on any atom is -0.508 e. The highest BCUT2D eigenvalue weighted by molar-refractivity contribution is 5.78. The number of carbonyl (C=O) groups excluding carboxylic acids is 1. The maximum absolute atomic E-state index is 11.4. The van der Waals surface area contributed by atoms with Gasteiger partial charge in [-0.3, -0.25) is 4.79 Å². The first-order valence-corrected chi connectivity index (χ1v) is 5.81. The zero-order valence-corrected chi connectivity index (χ0v) is 10.5. The molecule has 4 nitrogen and oxygen atoms in total. The molecule has 0 aliphatic carbocycles. The van der Waals surface area contributed by atoms with Gasteiger partial charge in [0.2, 0.25) is 5.91 Å². The summed E-state index contributed by atoms with van der Waals surface area (Å²) in [5, 5.41) is 15.5.